The van der Waals surface area contributed by atoms with E-state index in [0.29, 0.717) is 24.5 Å². The number of carbonyl (C=O) groups excluding carboxylic acids is 1. The Balaban J connectivity index is 0.00000131. The molecule has 0 spiro atoms. The maximum atomic E-state index is 13.0. The van der Waals surface area contributed by atoms with E-state index in [0.717, 1.165) is 12.4 Å². The predicted octanol–water partition coefficient (Wildman–Crippen LogP) is 2.10. The SMILES string of the molecule is Cl.Cl.Cn1ccnc1C1CNCCN1C(=O)c1cc(-c2ccccn2)no1. The summed E-state index contributed by atoms with van der Waals surface area (Å²) in [6.07, 6.45) is 5.29. The van der Waals surface area contributed by atoms with Gasteiger partial charge in [-0.25, -0.2) is 4.98 Å². The van der Waals surface area contributed by atoms with Crippen molar-refractivity contribution in [3.63, 3.8) is 0 Å². The van der Waals surface area contributed by atoms with Gasteiger partial charge in [0.2, 0.25) is 5.76 Å². The Morgan fingerprint density at radius 2 is 2.07 bits per heavy atom. The molecule has 3 aromatic rings. The molecular weight excluding hydrogens is 391 g/mol. The second-order valence-corrected chi connectivity index (χ2v) is 5.91. The van der Waals surface area contributed by atoms with E-state index in [2.05, 4.69) is 20.4 Å². The predicted molar refractivity (Wildman–Crippen MR) is 104 cm³/mol. The lowest BCUT2D eigenvalue weighted by molar-refractivity contribution is 0.0578. The number of pyridine rings is 1. The normalized spacial score (nSPS) is 16.3. The summed E-state index contributed by atoms with van der Waals surface area (Å²) in [5.41, 5.74) is 1.22. The van der Waals surface area contributed by atoms with Crippen molar-refractivity contribution in [3.8, 4) is 11.4 Å². The van der Waals surface area contributed by atoms with Crippen molar-refractivity contribution < 1.29 is 9.32 Å². The molecule has 4 heterocycles. The number of rotatable bonds is 3. The summed E-state index contributed by atoms with van der Waals surface area (Å²) in [6, 6.07) is 7.01. The maximum absolute atomic E-state index is 13.0. The first kappa shape index (κ1) is 20.9. The zero-order chi connectivity index (χ0) is 17.2. The zero-order valence-corrected chi connectivity index (χ0v) is 16.2. The summed E-state index contributed by atoms with van der Waals surface area (Å²) in [4.78, 5) is 23.4. The molecular formula is C17H20Cl2N6O2. The minimum Gasteiger partial charge on any atom is -0.350 e. The van der Waals surface area contributed by atoms with Crippen molar-refractivity contribution in [2.45, 2.75) is 6.04 Å². The summed E-state index contributed by atoms with van der Waals surface area (Å²) in [5, 5.41) is 7.30. The van der Waals surface area contributed by atoms with Gasteiger partial charge in [-0.15, -0.1) is 24.8 Å². The summed E-state index contributed by atoms with van der Waals surface area (Å²) in [6.45, 7) is 1.96. The number of aryl methyl sites for hydroxylation is 1. The molecule has 1 fully saturated rings. The van der Waals surface area contributed by atoms with Crippen LogP contribution in [0.4, 0.5) is 0 Å². The van der Waals surface area contributed by atoms with Gasteiger partial charge in [0, 0.05) is 51.3 Å². The van der Waals surface area contributed by atoms with Crippen molar-refractivity contribution in [1.82, 2.24) is 29.9 Å². The zero-order valence-electron chi connectivity index (χ0n) is 14.6. The van der Waals surface area contributed by atoms with Gasteiger partial charge in [0.25, 0.3) is 5.91 Å². The van der Waals surface area contributed by atoms with Crippen LogP contribution in [0.1, 0.15) is 22.4 Å². The summed E-state index contributed by atoms with van der Waals surface area (Å²) in [7, 11) is 1.92. The lowest BCUT2D eigenvalue weighted by Crippen LogP contribution is -2.49. The Hall–Kier alpha value is -2.42. The quantitative estimate of drug-likeness (QED) is 0.710. The molecule has 1 unspecified atom stereocenters. The first-order valence-corrected chi connectivity index (χ1v) is 8.11. The summed E-state index contributed by atoms with van der Waals surface area (Å²) >= 11 is 0. The second-order valence-electron chi connectivity index (χ2n) is 5.91. The minimum atomic E-state index is -0.191. The highest BCUT2D eigenvalue weighted by atomic mass is 35.5. The Morgan fingerprint density at radius 1 is 1.22 bits per heavy atom. The van der Waals surface area contributed by atoms with Crippen LogP contribution >= 0.6 is 24.8 Å². The van der Waals surface area contributed by atoms with Gasteiger partial charge >= 0.3 is 0 Å². The van der Waals surface area contributed by atoms with E-state index in [1.54, 1.807) is 23.4 Å². The van der Waals surface area contributed by atoms with Crippen LogP contribution in [0, 0.1) is 0 Å². The standard InChI is InChI=1S/C17H18N6O2.2ClH/c1-22-8-7-20-16(22)14-11-18-6-9-23(14)17(24)15-10-13(21-25-15)12-4-2-3-5-19-12;;/h2-5,7-8,10,14,18H,6,9,11H2,1H3;2*1H. The molecule has 4 rings (SSSR count). The van der Waals surface area contributed by atoms with E-state index in [4.69, 9.17) is 4.52 Å². The number of hydrogen-bond donors (Lipinski definition) is 1. The van der Waals surface area contributed by atoms with Gasteiger partial charge in [0.1, 0.15) is 17.6 Å². The number of piperazine rings is 1. The van der Waals surface area contributed by atoms with E-state index >= 15 is 0 Å². The smallest absolute Gasteiger partial charge is 0.293 e. The third-order valence-corrected chi connectivity index (χ3v) is 4.31. The largest absolute Gasteiger partial charge is 0.350 e. The molecule has 0 aliphatic carbocycles. The van der Waals surface area contributed by atoms with Gasteiger partial charge in [0.05, 0.1) is 5.69 Å². The fraction of sp³-hybridized carbons (Fsp3) is 0.294. The average molecular weight is 411 g/mol. The summed E-state index contributed by atoms with van der Waals surface area (Å²) in [5.74, 6) is 0.857. The Labute approximate surface area is 168 Å². The topological polar surface area (TPSA) is 89.1 Å². The minimum absolute atomic E-state index is 0. The molecule has 0 radical (unpaired) electrons. The van der Waals surface area contributed by atoms with Crippen LogP contribution < -0.4 is 5.32 Å². The van der Waals surface area contributed by atoms with Crippen LogP contribution in [0.15, 0.2) is 47.4 Å². The molecule has 1 atom stereocenters. The lowest BCUT2D eigenvalue weighted by atomic mass is 10.1. The molecule has 1 saturated heterocycles. The molecule has 1 N–H and O–H groups in total. The molecule has 0 bridgehead atoms. The third-order valence-electron chi connectivity index (χ3n) is 4.31. The second kappa shape index (κ2) is 8.98. The number of amides is 1. The summed E-state index contributed by atoms with van der Waals surface area (Å²) < 4.78 is 7.23. The highest BCUT2D eigenvalue weighted by Gasteiger charge is 2.33. The number of halogens is 2. The Kier molecular flexibility index (Phi) is 6.95. The molecule has 27 heavy (non-hydrogen) atoms. The van der Waals surface area contributed by atoms with E-state index in [1.165, 1.54) is 0 Å². The van der Waals surface area contributed by atoms with Crippen LogP contribution in [0.5, 0.6) is 0 Å². The van der Waals surface area contributed by atoms with Crippen molar-refractivity contribution >= 4 is 30.7 Å². The number of nitrogens with zero attached hydrogens (tertiary/aromatic N) is 5. The van der Waals surface area contributed by atoms with Crippen molar-refractivity contribution in [2.75, 3.05) is 19.6 Å². The molecule has 144 valence electrons. The molecule has 1 aliphatic heterocycles. The molecule has 10 heteroatoms. The third kappa shape index (κ3) is 4.13. The molecule has 1 aliphatic rings. The van der Waals surface area contributed by atoms with Gasteiger partial charge in [-0.2, -0.15) is 0 Å². The molecule has 0 saturated carbocycles. The van der Waals surface area contributed by atoms with Crippen molar-refractivity contribution in [3.05, 3.63) is 54.4 Å². The first-order chi connectivity index (χ1) is 12.2. The van der Waals surface area contributed by atoms with E-state index in [1.807, 2.05) is 36.0 Å². The van der Waals surface area contributed by atoms with Gasteiger partial charge in [-0.1, -0.05) is 11.2 Å². The highest BCUT2D eigenvalue weighted by molar-refractivity contribution is 5.92. The molecule has 1 amide bonds. The van der Waals surface area contributed by atoms with Crippen molar-refractivity contribution in [2.24, 2.45) is 7.05 Å². The Bertz CT molecular complexity index is 882. The molecule has 0 aromatic carbocycles. The average Bonchev–Trinajstić information content (AvgIpc) is 3.31. The fourth-order valence-electron chi connectivity index (χ4n) is 3.03. The molecule has 3 aromatic heterocycles. The van der Waals surface area contributed by atoms with E-state index in [-0.39, 0.29) is 42.5 Å². The number of nitrogens with one attached hydrogen (secondary N) is 1. The van der Waals surface area contributed by atoms with Crippen LogP contribution in [0.2, 0.25) is 0 Å². The van der Waals surface area contributed by atoms with Crippen LogP contribution in [-0.2, 0) is 7.05 Å². The number of imidazole rings is 1. The van der Waals surface area contributed by atoms with Crippen LogP contribution in [-0.4, -0.2) is 50.1 Å². The van der Waals surface area contributed by atoms with Gasteiger partial charge < -0.3 is 19.3 Å². The van der Waals surface area contributed by atoms with Crippen molar-refractivity contribution in [1.29, 1.82) is 0 Å². The van der Waals surface area contributed by atoms with E-state index < -0.39 is 0 Å². The number of aromatic nitrogens is 4. The Morgan fingerprint density at radius 3 is 2.78 bits per heavy atom. The lowest BCUT2D eigenvalue weighted by Gasteiger charge is -2.35. The molecule has 8 nitrogen and oxygen atoms in total. The van der Waals surface area contributed by atoms with Crippen LogP contribution in [0.3, 0.4) is 0 Å². The number of hydrogen-bond acceptors (Lipinski definition) is 6. The monoisotopic (exact) mass is 410 g/mol. The maximum Gasteiger partial charge on any atom is 0.293 e. The first-order valence-electron chi connectivity index (χ1n) is 8.11. The number of carbonyl (C=O) groups is 1. The van der Waals surface area contributed by atoms with Gasteiger partial charge in [0.15, 0.2) is 0 Å². The van der Waals surface area contributed by atoms with Gasteiger partial charge in [-0.05, 0) is 12.1 Å². The van der Waals surface area contributed by atoms with E-state index in [9.17, 15) is 4.79 Å². The fourth-order valence-corrected chi connectivity index (χ4v) is 3.03. The van der Waals surface area contributed by atoms with Gasteiger partial charge in [-0.3, -0.25) is 9.78 Å². The van der Waals surface area contributed by atoms with Crippen LogP contribution in [0.25, 0.3) is 11.4 Å². The highest BCUT2D eigenvalue weighted by Crippen LogP contribution is 2.24.